The van der Waals surface area contributed by atoms with Gasteiger partial charge in [-0.1, -0.05) is 32.4 Å². The van der Waals surface area contributed by atoms with E-state index in [9.17, 15) is 14.7 Å². The van der Waals surface area contributed by atoms with Gasteiger partial charge in [-0.25, -0.2) is 4.98 Å². The van der Waals surface area contributed by atoms with Crippen LogP contribution in [-0.4, -0.2) is 28.5 Å². The number of halogens is 2. The van der Waals surface area contributed by atoms with Crippen LogP contribution in [0.4, 0.5) is 0 Å². The summed E-state index contributed by atoms with van der Waals surface area (Å²) in [5.74, 6) is -2.01. The molecule has 1 heterocycles. The van der Waals surface area contributed by atoms with Gasteiger partial charge in [-0.15, -0.1) is 0 Å². The molecule has 0 fully saturated rings. The number of amides is 1. The molecule has 0 radical (unpaired) electrons. The fraction of sp³-hybridized carbons (Fsp3) is 0.500. The SMILES string of the molecule is CC(C)(C)CC(CNC(=O)c1cc(Br)cnc1Cl)C(=O)O. The molecule has 21 heavy (non-hydrogen) atoms. The van der Waals surface area contributed by atoms with Crippen LogP contribution in [0.25, 0.3) is 0 Å². The first-order valence-corrected chi connectivity index (χ1v) is 7.59. The van der Waals surface area contributed by atoms with Crippen LogP contribution in [0.2, 0.25) is 5.15 Å². The van der Waals surface area contributed by atoms with Crippen molar-refractivity contribution >= 4 is 39.4 Å². The third-order valence-corrected chi connectivity index (χ3v) is 3.50. The van der Waals surface area contributed by atoms with E-state index in [1.807, 2.05) is 20.8 Å². The Hall–Kier alpha value is -1.14. The maximum absolute atomic E-state index is 12.1. The second kappa shape index (κ2) is 7.22. The molecular weight excluding hydrogens is 360 g/mol. The fourth-order valence-corrected chi connectivity index (χ4v) is 2.40. The smallest absolute Gasteiger partial charge is 0.308 e. The quantitative estimate of drug-likeness (QED) is 0.771. The van der Waals surface area contributed by atoms with Gasteiger partial charge in [0, 0.05) is 17.2 Å². The van der Waals surface area contributed by atoms with E-state index in [0.29, 0.717) is 10.9 Å². The molecule has 0 bridgehead atoms. The molecule has 0 saturated heterocycles. The van der Waals surface area contributed by atoms with Gasteiger partial charge >= 0.3 is 5.97 Å². The topological polar surface area (TPSA) is 79.3 Å². The molecule has 1 unspecified atom stereocenters. The summed E-state index contributed by atoms with van der Waals surface area (Å²) >= 11 is 9.08. The third kappa shape index (κ3) is 6.01. The maximum atomic E-state index is 12.1. The highest BCUT2D eigenvalue weighted by atomic mass is 79.9. The number of carboxylic acid groups (broad SMARTS) is 1. The van der Waals surface area contributed by atoms with Crippen molar-refractivity contribution in [3.63, 3.8) is 0 Å². The number of carbonyl (C=O) groups is 2. The summed E-state index contributed by atoms with van der Waals surface area (Å²) in [5, 5.41) is 11.9. The van der Waals surface area contributed by atoms with Crippen LogP contribution in [0.1, 0.15) is 37.6 Å². The fourth-order valence-electron chi connectivity index (χ4n) is 1.88. The minimum Gasteiger partial charge on any atom is -0.481 e. The second-order valence-electron chi connectivity index (χ2n) is 6.00. The monoisotopic (exact) mass is 376 g/mol. The number of nitrogens with zero attached hydrogens (tertiary/aromatic N) is 1. The molecule has 0 spiro atoms. The summed E-state index contributed by atoms with van der Waals surface area (Å²) < 4.78 is 0.626. The third-order valence-electron chi connectivity index (χ3n) is 2.77. The number of carbonyl (C=O) groups excluding carboxylic acids is 1. The first-order chi connectivity index (χ1) is 9.60. The van der Waals surface area contributed by atoms with Crippen molar-refractivity contribution in [1.82, 2.24) is 10.3 Å². The molecule has 1 rings (SSSR count). The van der Waals surface area contributed by atoms with Crippen molar-refractivity contribution in [3.8, 4) is 0 Å². The van der Waals surface area contributed by atoms with Crippen molar-refractivity contribution in [2.24, 2.45) is 11.3 Å². The average molecular weight is 378 g/mol. The maximum Gasteiger partial charge on any atom is 0.308 e. The normalized spacial score (nSPS) is 12.8. The largest absolute Gasteiger partial charge is 0.481 e. The zero-order valence-corrected chi connectivity index (χ0v) is 14.5. The lowest BCUT2D eigenvalue weighted by Crippen LogP contribution is -2.35. The number of hydrogen-bond acceptors (Lipinski definition) is 3. The molecule has 0 aliphatic rings. The highest BCUT2D eigenvalue weighted by Gasteiger charge is 2.25. The standard InChI is InChI=1S/C14H18BrClN2O3/c1-14(2,3)5-8(13(20)21)6-18-12(19)10-4-9(15)7-17-11(10)16/h4,7-8H,5-6H2,1-3H3,(H,18,19)(H,20,21). The van der Waals surface area contributed by atoms with Crippen LogP contribution >= 0.6 is 27.5 Å². The van der Waals surface area contributed by atoms with Gasteiger partial charge in [0.2, 0.25) is 0 Å². The minimum atomic E-state index is -0.927. The molecule has 1 amide bonds. The molecule has 0 aromatic carbocycles. The highest BCUT2D eigenvalue weighted by Crippen LogP contribution is 2.24. The number of hydrogen-bond donors (Lipinski definition) is 2. The summed E-state index contributed by atoms with van der Waals surface area (Å²) in [6.07, 6.45) is 1.95. The lowest BCUT2D eigenvalue weighted by molar-refractivity contribution is -0.142. The van der Waals surface area contributed by atoms with Crippen LogP contribution in [0, 0.1) is 11.3 Å². The van der Waals surface area contributed by atoms with Gasteiger partial charge in [0.1, 0.15) is 5.15 Å². The average Bonchev–Trinajstić information content (AvgIpc) is 2.35. The molecule has 2 N–H and O–H groups in total. The van der Waals surface area contributed by atoms with E-state index in [4.69, 9.17) is 11.6 Å². The van der Waals surface area contributed by atoms with Gasteiger partial charge in [-0.2, -0.15) is 0 Å². The predicted octanol–water partition coefficient (Wildman–Crippen LogP) is 3.36. The van der Waals surface area contributed by atoms with E-state index < -0.39 is 17.8 Å². The van der Waals surface area contributed by atoms with E-state index in [1.165, 1.54) is 6.20 Å². The molecule has 1 aromatic heterocycles. The molecule has 0 aliphatic heterocycles. The van der Waals surface area contributed by atoms with Crippen LogP contribution in [0.15, 0.2) is 16.7 Å². The van der Waals surface area contributed by atoms with Crippen molar-refractivity contribution in [1.29, 1.82) is 0 Å². The number of rotatable bonds is 5. The molecule has 0 aliphatic carbocycles. The summed E-state index contributed by atoms with van der Waals surface area (Å²) in [7, 11) is 0. The molecule has 1 atom stereocenters. The van der Waals surface area contributed by atoms with Crippen molar-refractivity contribution < 1.29 is 14.7 Å². The summed E-state index contributed by atoms with van der Waals surface area (Å²) in [6, 6.07) is 1.55. The number of carboxylic acids is 1. The molecule has 1 aromatic rings. The summed E-state index contributed by atoms with van der Waals surface area (Å²) in [5.41, 5.74) is 0.0777. The lowest BCUT2D eigenvalue weighted by atomic mass is 9.84. The number of aliphatic carboxylic acids is 1. The Labute approximate surface area is 137 Å². The van der Waals surface area contributed by atoms with Gasteiger partial charge in [-0.3, -0.25) is 9.59 Å². The van der Waals surface area contributed by atoms with Crippen LogP contribution in [-0.2, 0) is 4.79 Å². The van der Waals surface area contributed by atoms with Gasteiger partial charge < -0.3 is 10.4 Å². The number of nitrogens with one attached hydrogen (secondary N) is 1. The first-order valence-electron chi connectivity index (χ1n) is 6.42. The molecule has 5 nitrogen and oxygen atoms in total. The first kappa shape index (κ1) is 17.9. The Kier molecular flexibility index (Phi) is 6.16. The predicted molar refractivity (Wildman–Crippen MR) is 84.5 cm³/mol. The Morgan fingerprint density at radius 3 is 2.62 bits per heavy atom. The van der Waals surface area contributed by atoms with E-state index in [-0.39, 0.29) is 22.7 Å². The van der Waals surface area contributed by atoms with Gasteiger partial charge in [0.15, 0.2) is 0 Å². The minimum absolute atomic E-state index is 0.0499. The highest BCUT2D eigenvalue weighted by molar-refractivity contribution is 9.10. The molecular formula is C14H18BrClN2O3. The summed E-state index contributed by atoms with van der Waals surface area (Å²) in [4.78, 5) is 27.2. The van der Waals surface area contributed by atoms with Crippen molar-refractivity contribution in [2.45, 2.75) is 27.2 Å². The Morgan fingerprint density at radius 2 is 2.10 bits per heavy atom. The van der Waals surface area contributed by atoms with Crippen molar-refractivity contribution in [2.75, 3.05) is 6.54 Å². The van der Waals surface area contributed by atoms with Gasteiger partial charge in [0.25, 0.3) is 5.91 Å². The van der Waals surface area contributed by atoms with E-state index in [1.54, 1.807) is 6.07 Å². The lowest BCUT2D eigenvalue weighted by Gasteiger charge is -2.23. The Bertz CT molecular complexity index is 544. The molecule has 116 valence electrons. The van der Waals surface area contributed by atoms with E-state index >= 15 is 0 Å². The number of aromatic nitrogens is 1. The summed E-state index contributed by atoms with van der Waals surface area (Å²) in [6.45, 7) is 5.92. The van der Waals surface area contributed by atoms with Gasteiger partial charge in [0.05, 0.1) is 11.5 Å². The molecule has 7 heteroatoms. The van der Waals surface area contributed by atoms with E-state index in [0.717, 1.165) is 0 Å². The van der Waals surface area contributed by atoms with E-state index in [2.05, 4.69) is 26.2 Å². The zero-order chi connectivity index (χ0) is 16.2. The molecule has 0 saturated carbocycles. The van der Waals surface area contributed by atoms with Gasteiger partial charge in [-0.05, 0) is 33.8 Å². The second-order valence-corrected chi connectivity index (χ2v) is 7.28. The zero-order valence-electron chi connectivity index (χ0n) is 12.1. The van der Waals surface area contributed by atoms with Crippen LogP contribution < -0.4 is 5.32 Å². The van der Waals surface area contributed by atoms with Crippen LogP contribution in [0.3, 0.4) is 0 Å². The Morgan fingerprint density at radius 1 is 1.48 bits per heavy atom. The van der Waals surface area contributed by atoms with Crippen LogP contribution in [0.5, 0.6) is 0 Å². The van der Waals surface area contributed by atoms with Crippen molar-refractivity contribution in [3.05, 3.63) is 27.5 Å². The Balaban J connectivity index is 2.74. The number of pyridine rings is 1.